The minimum absolute atomic E-state index is 0.000323. The van der Waals surface area contributed by atoms with Gasteiger partial charge in [-0.15, -0.1) is 0 Å². The second-order valence-corrected chi connectivity index (χ2v) is 4.99. The molecule has 0 atom stereocenters. The molecule has 21 heavy (non-hydrogen) atoms. The van der Waals surface area contributed by atoms with Gasteiger partial charge in [-0.2, -0.15) is 0 Å². The van der Waals surface area contributed by atoms with E-state index in [1.807, 2.05) is 12.1 Å². The molecule has 0 fully saturated rings. The number of halogens is 2. The van der Waals surface area contributed by atoms with Gasteiger partial charge in [0.15, 0.2) is 0 Å². The first kappa shape index (κ1) is 15.1. The van der Waals surface area contributed by atoms with Gasteiger partial charge < -0.3 is 5.73 Å². The van der Waals surface area contributed by atoms with Gasteiger partial charge in [0.1, 0.15) is 17.5 Å². The molecule has 0 heterocycles. The van der Waals surface area contributed by atoms with Crippen molar-refractivity contribution in [2.24, 2.45) is 5.73 Å². The van der Waals surface area contributed by atoms with Gasteiger partial charge in [0.2, 0.25) is 0 Å². The van der Waals surface area contributed by atoms with Crippen LogP contribution in [0.15, 0.2) is 42.5 Å². The third-order valence-electron chi connectivity index (χ3n) is 3.18. The summed E-state index contributed by atoms with van der Waals surface area (Å²) in [7, 11) is 1.78. The van der Waals surface area contributed by atoms with Crippen LogP contribution in [-0.2, 0) is 13.1 Å². The molecule has 110 valence electrons. The maximum atomic E-state index is 13.6. The first-order valence-corrected chi connectivity index (χ1v) is 6.52. The van der Waals surface area contributed by atoms with Crippen LogP contribution in [-0.4, -0.2) is 17.8 Å². The van der Waals surface area contributed by atoms with Gasteiger partial charge in [0.25, 0.3) is 0 Å². The number of nitrogens with two attached hydrogens (primary N) is 1. The molecule has 0 amide bonds. The van der Waals surface area contributed by atoms with Crippen LogP contribution in [0.3, 0.4) is 0 Å². The fourth-order valence-electron chi connectivity index (χ4n) is 2.16. The van der Waals surface area contributed by atoms with Gasteiger partial charge in [-0.05, 0) is 30.8 Å². The van der Waals surface area contributed by atoms with Crippen LogP contribution in [0.2, 0.25) is 0 Å². The molecule has 0 unspecified atom stereocenters. The van der Waals surface area contributed by atoms with Crippen molar-refractivity contribution < 1.29 is 8.78 Å². The molecule has 0 aliphatic carbocycles. The molecular formula is C16H17F2N3. The Labute approximate surface area is 122 Å². The molecule has 2 rings (SSSR count). The summed E-state index contributed by atoms with van der Waals surface area (Å²) in [5, 5.41) is 7.42. The first-order valence-electron chi connectivity index (χ1n) is 6.52. The van der Waals surface area contributed by atoms with E-state index in [4.69, 9.17) is 11.1 Å². The zero-order valence-corrected chi connectivity index (χ0v) is 11.7. The summed E-state index contributed by atoms with van der Waals surface area (Å²) in [5.74, 6) is -1.08. The van der Waals surface area contributed by atoms with Gasteiger partial charge in [0.05, 0.1) is 0 Å². The highest BCUT2D eigenvalue weighted by Crippen LogP contribution is 2.15. The molecule has 0 spiro atoms. The molecule has 2 aromatic carbocycles. The van der Waals surface area contributed by atoms with Crippen molar-refractivity contribution in [3.05, 3.63) is 70.8 Å². The highest BCUT2D eigenvalue weighted by Gasteiger charge is 2.11. The Morgan fingerprint density at radius 3 is 2.33 bits per heavy atom. The fraction of sp³-hybridized carbons (Fsp3) is 0.188. The Balaban J connectivity index is 2.10. The lowest BCUT2D eigenvalue weighted by Gasteiger charge is -2.18. The molecule has 0 radical (unpaired) electrons. The summed E-state index contributed by atoms with van der Waals surface area (Å²) >= 11 is 0. The van der Waals surface area contributed by atoms with Gasteiger partial charge in [-0.25, -0.2) is 8.78 Å². The van der Waals surface area contributed by atoms with E-state index in [0.717, 1.165) is 5.56 Å². The number of benzene rings is 2. The van der Waals surface area contributed by atoms with Crippen LogP contribution in [0.4, 0.5) is 8.78 Å². The number of hydrogen-bond acceptors (Lipinski definition) is 2. The summed E-state index contributed by atoms with van der Waals surface area (Å²) in [6.45, 7) is 0.678. The van der Waals surface area contributed by atoms with E-state index in [2.05, 4.69) is 0 Å². The van der Waals surface area contributed by atoms with Gasteiger partial charge >= 0.3 is 0 Å². The second-order valence-electron chi connectivity index (χ2n) is 4.99. The van der Waals surface area contributed by atoms with Crippen molar-refractivity contribution in [3.8, 4) is 0 Å². The van der Waals surface area contributed by atoms with Crippen molar-refractivity contribution in [2.45, 2.75) is 13.1 Å². The number of nitrogens with one attached hydrogen (secondary N) is 1. The van der Waals surface area contributed by atoms with Gasteiger partial charge in [-0.3, -0.25) is 10.3 Å². The highest BCUT2D eigenvalue weighted by atomic mass is 19.1. The maximum absolute atomic E-state index is 13.6. The zero-order chi connectivity index (χ0) is 15.4. The quantitative estimate of drug-likeness (QED) is 0.657. The molecule has 0 aliphatic heterocycles. The summed E-state index contributed by atoms with van der Waals surface area (Å²) in [4.78, 5) is 1.81. The number of nitrogen functional groups attached to an aromatic ring is 1. The minimum atomic E-state index is -0.542. The van der Waals surface area contributed by atoms with Gasteiger partial charge in [-0.1, -0.05) is 24.3 Å². The molecule has 0 bridgehead atoms. The zero-order valence-electron chi connectivity index (χ0n) is 11.7. The van der Waals surface area contributed by atoms with Crippen LogP contribution < -0.4 is 5.73 Å². The average Bonchev–Trinajstić information content (AvgIpc) is 2.43. The summed E-state index contributed by atoms with van der Waals surface area (Å²) < 4.78 is 27.2. The predicted octanol–water partition coefficient (Wildman–Crippen LogP) is 2.88. The lowest BCUT2D eigenvalue weighted by atomic mass is 10.1. The van der Waals surface area contributed by atoms with Crippen molar-refractivity contribution >= 4 is 5.84 Å². The molecule has 2 aromatic rings. The Kier molecular flexibility index (Phi) is 4.65. The van der Waals surface area contributed by atoms with E-state index in [1.165, 1.54) is 18.2 Å². The van der Waals surface area contributed by atoms with Crippen LogP contribution in [0.5, 0.6) is 0 Å². The molecule has 0 saturated carbocycles. The van der Waals surface area contributed by atoms with E-state index in [1.54, 1.807) is 24.1 Å². The summed E-state index contributed by atoms with van der Waals surface area (Å²) in [5.41, 5.74) is 7.07. The van der Waals surface area contributed by atoms with Crippen LogP contribution >= 0.6 is 0 Å². The minimum Gasteiger partial charge on any atom is -0.384 e. The maximum Gasteiger partial charge on any atom is 0.130 e. The van der Waals surface area contributed by atoms with Crippen molar-refractivity contribution in [2.75, 3.05) is 7.05 Å². The van der Waals surface area contributed by atoms with E-state index in [0.29, 0.717) is 12.1 Å². The number of hydrogen-bond donors (Lipinski definition) is 2. The largest absolute Gasteiger partial charge is 0.384 e. The molecule has 5 heteroatoms. The number of nitrogens with zero attached hydrogens (tertiary/aromatic N) is 1. The molecule has 3 N–H and O–H groups in total. The van der Waals surface area contributed by atoms with Crippen molar-refractivity contribution in [3.63, 3.8) is 0 Å². The Hall–Kier alpha value is -2.27. The monoisotopic (exact) mass is 289 g/mol. The van der Waals surface area contributed by atoms with Crippen LogP contribution in [0.1, 0.15) is 16.7 Å². The highest BCUT2D eigenvalue weighted by molar-refractivity contribution is 5.95. The summed E-state index contributed by atoms with van der Waals surface area (Å²) in [6.07, 6.45) is 0. The Morgan fingerprint density at radius 1 is 1.10 bits per heavy atom. The number of rotatable bonds is 5. The van der Waals surface area contributed by atoms with E-state index in [9.17, 15) is 8.78 Å². The average molecular weight is 289 g/mol. The molecule has 0 aliphatic rings. The second kappa shape index (κ2) is 6.45. The SMILES string of the molecule is CN(Cc1cccc(C(=N)N)c1)Cc1c(F)cccc1F. The first-order chi connectivity index (χ1) is 9.97. The Bertz CT molecular complexity index is 635. The predicted molar refractivity (Wildman–Crippen MR) is 79.0 cm³/mol. The van der Waals surface area contributed by atoms with E-state index < -0.39 is 11.6 Å². The lowest BCUT2D eigenvalue weighted by Crippen LogP contribution is -2.19. The standard InChI is InChI=1S/C16H17F2N3/c1-21(10-13-14(17)6-3-7-15(13)18)9-11-4-2-5-12(8-11)16(19)20/h2-8H,9-10H2,1H3,(H3,19,20). The normalized spacial score (nSPS) is 10.9. The van der Waals surface area contributed by atoms with Crippen molar-refractivity contribution in [1.29, 1.82) is 5.41 Å². The lowest BCUT2D eigenvalue weighted by molar-refractivity contribution is 0.307. The van der Waals surface area contributed by atoms with E-state index in [-0.39, 0.29) is 17.9 Å². The third-order valence-corrected chi connectivity index (χ3v) is 3.18. The summed E-state index contributed by atoms with van der Waals surface area (Å²) in [6, 6.07) is 11.1. The smallest absolute Gasteiger partial charge is 0.130 e. The molecule has 0 aromatic heterocycles. The topological polar surface area (TPSA) is 53.1 Å². The fourth-order valence-corrected chi connectivity index (χ4v) is 2.16. The molecule has 3 nitrogen and oxygen atoms in total. The number of amidine groups is 1. The van der Waals surface area contributed by atoms with Crippen LogP contribution in [0, 0.1) is 17.0 Å². The van der Waals surface area contributed by atoms with Crippen molar-refractivity contribution in [1.82, 2.24) is 4.90 Å². The molecule has 0 saturated heterocycles. The van der Waals surface area contributed by atoms with Gasteiger partial charge in [0, 0.05) is 24.2 Å². The third kappa shape index (κ3) is 3.86. The molecular weight excluding hydrogens is 272 g/mol. The van der Waals surface area contributed by atoms with E-state index >= 15 is 0 Å². The van der Waals surface area contributed by atoms with Crippen LogP contribution in [0.25, 0.3) is 0 Å². The Morgan fingerprint density at radius 2 is 1.71 bits per heavy atom.